The van der Waals surface area contributed by atoms with E-state index in [2.05, 4.69) is 9.44 Å². The molecule has 0 bridgehead atoms. The number of carboxylic acids is 1. The zero-order valence-corrected chi connectivity index (χ0v) is 12.6. The third kappa shape index (κ3) is 6.39. The molecule has 0 atom stereocenters. The van der Waals surface area contributed by atoms with Crippen LogP contribution >= 0.6 is 0 Å². The minimum atomic E-state index is -3.65. The molecule has 0 aromatic heterocycles. The van der Waals surface area contributed by atoms with E-state index in [0.717, 1.165) is 11.6 Å². The quantitative estimate of drug-likeness (QED) is 0.490. The van der Waals surface area contributed by atoms with Crippen molar-refractivity contribution in [1.29, 1.82) is 0 Å². The van der Waals surface area contributed by atoms with Crippen LogP contribution in [-0.4, -0.2) is 39.8 Å². The van der Waals surface area contributed by atoms with E-state index in [1.54, 1.807) is 25.1 Å². The Morgan fingerprint density at radius 3 is 2.71 bits per heavy atom. The molecule has 1 aromatic carbocycles. The van der Waals surface area contributed by atoms with E-state index in [9.17, 15) is 13.2 Å². The van der Waals surface area contributed by atoms with Crippen molar-refractivity contribution in [1.82, 2.24) is 4.72 Å². The lowest BCUT2D eigenvalue weighted by atomic mass is 10.1. The molecule has 0 radical (unpaired) electrons. The predicted octanol–water partition coefficient (Wildman–Crippen LogP) is 0.986. The van der Waals surface area contributed by atoms with Gasteiger partial charge in [-0.1, -0.05) is 6.07 Å². The van der Waals surface area contributed by atoms with E-state index in [4.69, 9.17) is 9.84 Å². The standard InChI is InChI=1S/C13H18N2O5S/c1-10-9-12(5-3-11(10)4-6-13(16)17)15-21(18,19)14-7-8-20-2/h3-6,9,14-15H,7-8H2,1-2H3,(H,16,17)/b6-4+. The number of carboxylic acid groups (broad SMARTS) is 1. The molecule has 0 amide bonds. The van der Waals surface area contributed by atoms with Crippen molar-refractivity contribution in [2.75, 3.05) is 25.0 Å². The molecule has 0 aliphatic rings. The van der Waals surface area contributed by atoms with E-state index in [1.807, 2.05) is 0 Å². The van der Waals surface area contributed by atoms with Gasteiger partial charge in [0.25, 0.3) is 10.2 Å². The summed E-state index contributed by atoms with van der Waals surface area (Å²) in [5, 5.41) is 8.58. The van der Waals surface area contributed by atoms with Gasteiger partial charge in [0.2, 0.25) is 0 Å². The second-order valence-corrected chi connectivity index (χ2v) is 5.74. The maximum absolute atomic E-state index is 11.7. The molecule has 21 heavy (non-hydrogen) atoms. The van der Waals surface area contributed by atoms with Crippen LogP contribution in [0.2, 0.25) is 0 Å². The number of ether oxygens (including phenoxy) is 1. The number of methoxy groups -OCH3 is 1. The third-order valence-corrected chi connectivity index (χ3v) is 3.61. The average molecular weight is 314 g/mol. The number of benzene rings is 1. The van der Waals surface area contributed by atoms with Crippen molar-refractivity contribution in [3.63, 3.8) is 0 Å². The van der Waals surface area contributed by atoms with Crippen molar-refractivity contribution >= 4 is 27.9 Å². The first-order valence-corrected chi connectivity index (χ1v) is 7.60. The van der Waals surface area contributed by atoms with Gasteiger partial charge in [-0.3, -0.25) is 4.72 Å². The molecule has 0 spiro atoms. The molecule has 0 saturated heterocycles. The Bertz CT molecular complexity index is 625. The number of carbonyl (C=O) groups is 1. The normalized spacial score (nSPS) is 11.7. The first kappa shape index (κ1) is 17.2. The summed E-state index contributed by atoms with van der Waals surface area (Å²) in [5.74, 6) is -1.04. The summed E-state index contributed by atoms with van der Waals surface area (Å²) < 4.78 is 32.9. The largest absolute Gasteiger partial charge is 0.478 e. The van der Waals surface area contributed by atoms with E-state index >= 15 is 0 Å². The highest BCUT2D eigenvalue weighted by Crippen LogP contribution is 2.17. The third-order valence-electron chi connectivity index (χ3n) is 2.53. The molecule has 8 heteroatoms. The topological polar surface area (TPSA) is 105 Å². The first-order chi connectivity index (χ1) is 9.84. The van der Waals surface area contributed by atoms with Gasteiger partial charge < -0.3 is 9.84 Å². The van der Waals surface area contributed by atoms with Crippen LogP contribution in [0.1, 0.15) is 11.1 Å². The van der Waals surface area contributed by atoms with E-state index in [1.165, 1.54) is 13.2 Å². The van der Waals surface area contributed by atoms with E-state index in [0.29, 0.717) is 11.3 Å². The number of rotatable bonds is 8. The molecular formula is C13H18N2O5S. The van der Waals surface area contributed by atoms with Gasteiger partial charge in [0.15, 0.2) is 0 Å². The van der Waals surface area contributed by atoms with Crippen LogP contribution < -0.4 is 9.44 Å². The highest BCUT2D eigenvalue weighted by atomic mass is 32.2. The lowest BCUT2D eigenvalue weighted by Gasteiger charge is -2.10. The molecule has 3 N–H and O–H groups in total. The fourth-order valence-corrected chi connectivity index (χ4v) is 2.42. The van der Waals surface area contributed by atoms with Crippen LogP contribution in [0.15, 0.2) is 24.3 Å². The van der Waals surface area contributed by atoms with Gasteiger partial charge in [-0.25, -0.2) is 4.79 Å². The van der Waals surface area contributed by atoms with Crippen LogP contribution in [0, 0.1) is 6.92 Å². The Hall–Kier alpha value is -1.90. The predicted molar refractivity (Wildman–Crippen MR) is 80.3 cm³/mol. The molecule has 7 nitrogen and oxygen atoms in total. The van der Waals surface area contributed by atoms with Crippen LogP contribution in [0.3, 0.4) is 0 Å². The lowest BCUT2D eigenvalue weighted by molar-refractivity contribution is -0.131. The monoisotopic (exact) mass is 314 g/mol. The van der Waals surface area contributed by atoms with Crippen LogP contribution in [0.25, 0.3) is 6.08 Å². The zero-order chi connectivity index (χ0) is 15.9. The summed E-state index contributed by atoms with van der Waals surface area (Å²) in [5.41, 5.74) is 1.85. The first-order valence-electron chi connectivity index (χ1n) is 6.12. The van der Waals surface area contributed by atoms with Crippen LogP contribution in [-0.2, 0) is 19.7 Å². The Kier molecular flexibility index (Phi) is 6.35. The Morgan fingerprint density at radius 1 is 1.43 bits per heavy atom. The van der Waals surface area contributed by atoms with E-state index in [-0.39, 0.29) is 13.2 Å². The van der Waals surface area contributed by atoms with E-state index < -0.39 is 16.2 Å². The Labute approximate surface area is 123 Å². The number of aliphatic carboxylic acids is 1. The lowest BCUT2D eigenvalue weighted by Crippen LogP contribution is -2.32. The van der Waals surface area contributed by atoms with Crippen molar-refractivity contribution in [3.05, 3.63) is 35.4 Å². The second-order valence-electron chi connectivity index (χ2n) is 4.24. The minimum absolute atomic E-state index is 0.171. The molecule has 116 valence electrons. The number of aryl methyl sites for hydroxylation is 1. The van der Waals surface area contributed by atoms with Crippen LogP contribution in [0.4, 0.5) is 5.69 Å². The van der Waals surface area contributed by atoms with Crippen molar-refractivity contribution in [2.24, 2.45) is 0 Å². The van der Waals surface area contributed by atoms with Gasteiger partial charge in [-0.05, 0) is 36.3 Å². The SMILES string of the molecule is COCCNS(=O)(=O)Nc1ccc(/C=C/C(=O)O)c(C)c1. The van der Waals surface area contributed by atoms with Gasteiger partial charge in [0, 0.05) is 19.7 Å². The smallest absolute Gasteiger partial charge is 0.328 e. The molecule has 1 rings (SSSR count). The maximum atomic E-state index is 11.7. The van der Waals surface area contributed by atoms with Crippen molar-refractivity contribution in [2.45, 2.75) is 6.92 Å². The molecule has 0 unspecified atom stereocenters. The van der Waals surface area contributed by atoms with Gasteiger partial charge >= 0.3 is 5.97 Å². The Balaban J connectivity index is 2.77. The summed E-state index contributed by atoms with van der Waals surface area (Å²) in [4.78, 5) is 10.5. The molecular weight excluding hydrogens is 296 g/mol. The van der Waals surface area contributed by atoms with Gasteiger partial charge in [-0.15, -0.1) is 0 Å². The molecule has 0 saturated carbocycles. The highest BCUT2D eigenvalue weighted by Gasteiger charge is 2.09. The summed E-state index contributed by atoms with van der Waals surface area (Å²) in [7, 11) is -2.17. The van der Waals surface area contributed by atoms with Crippen molar-refractivity contribution < 1.29 is 23.1 Å². The van der Waals surface area contributed by atoms with Crippen LogP contribution in [0.5, 0.6) is 0 Å². The average Bonchev–Trinajstić information content (AvgIpc) is 2.37. The summed E-state index contributed by atoms with van der Waals surface area (Å²) in [6, 6.07) is 4.82. The van der Waals surface area contributed by atoms with Gasteiger partial charge in [-0.2, -0.15) is 13.1 Å². The number of hydrogen-bond donors (Lipinski definition) is 3. The summed E-state index contributed by atoms with van der Waals surface area (Å²) >= 11 is 0. The van der Waals surface area contributed by atoms with Gasteiger partial charge in [0.1, 0.15) is 0 Å². The number of nitrogens with one attached hydrogen (secondary N) is 2. The molecule has 0 fully saturated rings. The second kappa shape index (κ2) is 7.77. The fraction of sp³-hybridized carbons (Fsp3) is 0.308. The zero-order valence-electron chi connectivity index (χ0n) is 11.8. The summed E-state index contributed by atoms with van der Waals surface area (Å²) in [6.07, 6.45) is 2.48. The number of hydrogen-bond acceptors (Lipinski definition) is 4. The highest BCUT2D eigenvalue weighted by molar-refractivity contribution is 7.90. The van der Waals surface area contributed by atoms with Gasteiger partial charge in [0.05, 0.1) is 12.3 Å². The molecule has 0 aliphatic carbocycles. The summed E-state index contributed by atoms with van der Waals surface area (Å²) in [6.45, 7) is 2.21. The minimum Gasteiger partial charge on any atom is -0.478 e. The molecule has 0 aliphatic heterocycles. The molecule has 0 heterocycles. The number of anilines is 1. The maximum Gasteiger partial charge on any atom is 0.328 e. The fourth-order valence-electron chi connectivity index (χ4n) is 1.56. The van der Waals surface area contributed by atoms with Crippen molar-refractivity contribution in [3.8, 4) is 0 Å². The molecule has 1 aromatic rings. The Morgan fingerprint density at radius 2 is 2.14 bits per heavy atom.